The van der Waals surface area contributed by atoms with Gasteiger partial charge in [0.25, 0.3) is 0 Å². The SMILES string of the molecule is Cl.N=C(N=C(N)N)N1CCOCC1.O=C(O)CO. The molecule has 18 heavy (non-hydrogen) atoms. The van der Waals surface area contributed by atoms with Crippen LogP contribution in [0.25, 0.3) is 0 Å². The molecule has 10 heteroatoms. The fourth-order valence-corrected chi connectivity index (χ4v) is 0.968. The average molecular weight is 284 g/mol. The molecule has 0 radical (unpaired) electrons. The van der Waals surface area contributed by atoms with Crippen LogP contribution < -0.4 is 11.5 Å². The van der Waals surface area contributed by atoms with Crippen LogP contribution in [0.3, 0.4) is 0 Å². The first-order chi connectivity index (χ1) is 7.97. The van der Waals surface area contributed by atoms with Crippen molar-refractivity contribution in [2.24, 2.45) is 16.5 Å². The lowest BCUT2D eigenvalue weighted by Gasteiger charge is -2.26. The van der Waals surface area contributed by atoms with Crippen molar-refractivity contribution in [2.75, 3.05) is 32.9 Å². The Kier molecular flexibility index (Phi) is 11.0. The maximum atomic E-state index is 9.12. The van der Waals surface area contributed by atoms with E-state index in [1.165, 1.54) is 0 Å². The van der Waals surface area contributed by atoms with Crippen molar-refractivity contribution >= 4 is 30.3 Å². The summed E-state index contributed by atoms with van der Waals surface area (Å²) in [6.07, 6.45) is 0. The third kappa shape index (κ3) is 9.63. The van der Waals surface area contributed by atoms with Crippen LogP contribution in [0.5, 0.6) is 0 Å². The number of ether oxygens (including phenoxy) is 1. The van der Waals surface area contributed by atoms with Gasteiger partial charge in [-0.3, -0.25) is 5.41 Å². The highest BCUT2D eigenvalue weighted by molar-refractivity contribution is 5.91. The smallest absolute Gasteiger partial charge is 0.329 e. The third-order valence-electron chi connectivity index (χ3n) is 1.68. The Morgan fingerprint density at radius 2 is 1.83 bits per heavy atom. The standard InChI is InChI=1S/C6H13N5O.C2H4O3.ClH/c7-5(8)10-6(9)11-1-3-12-4-2-11;3-1-2(4)5;/h1-4H2,(H5,7,8,9,10);3H,1H2,(H,4,5);1H. The average Bonchev–Trinajstić information content (AvgIpc) is 2.30. The van der Waals surface area contributed by atoms with Crippen molar-refractivity contribution in [2.45, 2.75) is 0 Å². The summed E-state index contributed by atoms with van der Waals surface area (Å²) in [6, 6.07) is 0. The van der Waals surface area contributed by atoms with Gasteiger partial charge >= 0.3 is 5.97 Å². The normalized spacial score (nSPS) is 13.5. The van der Waals surface area contributed by atoms with Crippen LogP contribution >= 0.6 is 12.4 Å². The van der Waals surface area contributed by atoms with Crippen LogP contribution in [-0.4, -0.2) is 65.9 Å². The molecule has 9 nitrogen and oxygen atoms in total. The second-order valence-corrected chi connectivity index (χ2v) is 3.01. The summed E-state index contributed by atoms with van der Waals surface area (Å²) in [7, 11) is 0. The summed E-state index contributed by atoms with van der Waals surface area (Å²) < 4.78 is 5.11. The van der Waals surface area contributed by atoms with Crippen molar-refractivity contribution in [3.05, 3.63) is 0 Å². The zero-order valence-electron chi connectivity index (χ0n) is 9.70. The lowest BCUT2D eigenvalue weighted by atomic mass is 10.4. The molecule has 0 aromatic rings. The highest BCUT2D eigenvalue weighted by atomic mass is 35.5. The van der Waals surface area contributed by atoms with Crippen LogP contribution in [0, 0.1) is 5.41 Å². The molecule has 1 aliphatic heterocycles. The topological polar surface area (TPSA) is 158 Å². The zero-order valence-corrected chi connectivity index (χ0v) is 10.5. The van der Waals surface area contributed by atoms with Gasteiger partial charge in [0.2, 0.25) is 5.96 Å². The largest absolute Gasteiger partial charge is 0.480 e. The van der Waals surface area contributed by atoms with E-state index in [-0.39, 0.29) is 24.3 Å². The fraction of sp³-hybridized carbons (Fsp3) is 0.625. The van der Waals surface area contributed by atoms with Gasteiger partial charge in [-0.2, -0.15) is 4.99 Å². The summed E-state index contributed by atoms with van der Waals surface area (Å²) in [4.78, 5) is 14.5. The summed E-state index contributed by atoms with van der Waals surface area (Å²) in [5.41, 5.74) is 10.3. The number of nitrogens with two attached hydrogens (primary N) is 2. The number of hydrogen-bond donors (Lipinski definition) is 5. The first-order valence-electron chi connectivity index (χ1n) is 4.81. The number of morpholine rings is 1. The Labute approximate surface area is 110 Å². The number of hydrogen-bond acceptors (Lipinski definition) is 4. The molecule has 7 N–H and O–H groups in total. The second kappa shape index (κ2) is 10.6. The number of aliphatic hydroxyl groups is 1. The zero-order chi connectivity index (χ0) is 13.3. The van der Waals surface area contributed by atoms with E-state index in [9.17, 15) is 0 Å². The number of nitrogens with one attached hydrogen (secondary N) is 1. The van der Waals surface area contributed by atoms with Crippen LogP contribution in [0.2, 0.25) is 0 Å². The van der Waals surface area contributed by atoms with Gasteiger partial charge in [0.15, 0.2) is 5.96 Å². The van der Waals surface area contributed by atoms with E-state index >= 15 is 0 Å². The minimum atomic E-state index is -1.19. The summed E-state index contributed by atoms with van der Waals surface area (Å²) in [5, 5.41) is 22.5. The Hall–Kier alpha value is -1.58. The maximum absolute atomic E-state index is 9.12. The first kappa shape index (κ1) is 18.8. The minimum absolute atomic E-state index is 0. The maximum Gasteiger partial charge on any atom is 0.329 e. The molecule has 1 saturated heterocycles. The van der Waals surface area contributed by atoms with E-state index in [1.54, 1.807) is 4.90 Å². The van der Waals surface area contributed by atoms with Crippen molar-refractivity contribution < 1.29 is 19.7 Å². The van der Waals surface area contributed by atoms with Crippen LogP contribution in [-0.2, 0) is 9.53 Å². The molecular weight excluding hydrogens is 266 g/mol. The summed E-state index contributed by atoms with van der Waals surface area (Å²) in [6.45, 7) is 1.83. The Balaban J connectivity index is 0. The molecule has 0 spiro atoms. The highest BCUT2D eigenvalue weighted by Gasteiger charge is 2.12. The predicted octanol–water partition coefficient (Wildman–Crippen LogP) is -1.99. The van der Waals surface area contributed by atoms with Crippen LogP contribution in [0.1, 0.15) is 0 Å². The molecule has 0 aromatic heterocycles. The van der Waals surface area contributed by atoms with Crippen LogP contribution in [0.4, 0.5) is 0 Å². The lowest BCUT2D eigenvalue weighted by molar-refractivity contribution is -0.140. The highest BCUT2D eigenvalue weighted by Crippen LogP contribution is 1.97. The van der Waals surface area contributed by atoms with E-state index in [0.717, 1.165) is 0 Å². The Bertz CT molecular complexity index is 289. The molecule has 1 heterocycles. The van der Waals surface area contributed by atoms with Gasteiger partial charge in [-0.1, -0.05) is 0 Å². The quantitative estimate of drug-likeness (QED) is 0.275. The number of carboxylic acid groups (broad SMARTS) is 1. The Morgan fingerprint density at radius 1 is 1.39 bits per heavy atom. The molecule has 0 saturated carbocycles. The molecule has 1 fully saturated rings. The number of carbonyl (C=O) groups is 1. The van der Waals surface area contributed by atoms with E-state index in [0.29, 0.717) is 26.3 Å². The predicted molar refractivity (Wildman–Crippen MR) is 67.9 cm³/mol. The molecule has 0 unspecified atom stereocenters. The van der Waals surface area contributed by atoms with Crippen molar-refractivity contribution in [1.82, 2.24) is 4.90 Å². The van der Waals surface area contributed by atoms with Crippen molar-refractivity contribution in [3.63, 3.8) is 0 Å². The van der Waals surface area contributed by atoms with Crippen molar-refractivity contribution in [3.8, 4) is 0 Å². The number of guanidine groups is 2. The molecule has 1 rings (SSSR count). The monoisotopic (exact) mass is 283 g/mol. The van der Waals surface area contributed by atoms with Crippen molar-refractivity contribution in [1.29, 1.82) is 5.41 Å². The molecule has 0 amide bonds. The number of carboxylic acids is 1. The van der Waals surface area contributed by atoms with Gasteiger partial charge in [-0.05, 0) is 0 Å². The first-order valence-corrected chi connectivity index (χ1v) is 4.81. The number of halogens is 1. The van der Waals surface area contributed by atoms with E-state index < -0.39 is 12.6 Å². The summed E-state index contributed by atoms with van der Waals surface area (Å²) >= 11 is 0. The summed E-state index contributed by atoms with van der Waals surface area (Å²) in [5.74, 6) is -1.16. The third-order valence-corrected chi connectivity index (χ3v) is 1.68. The van der Waals surface area contributed by atoms with Gasteiger partial charge in [0, 0.05) is 13.1 Å². The van der Waals surface area contributed by atoms with Gasteiger partial charge in [0.05, 0.1) is 13.2 Å². The van der Waals surface area contributed by atoms with Gasteiger partial charge in [-0.25, -0.2) is 4.79 Å². The molecular formula is C8H18ClN5O4. The molecule has 1 aliphatic rings. The number of aliphatic imine (C=N–C) groups is 1. The van der Waals surface area contributed by atoms with E-state index in [4.69, 9.17) is 36.6 Å². The van der Waals surface area contributed by atoms with Gasteiger partial charge in [-0.15, -0.1) is 12.4 Å². The minimum Gasteiger partial charge on any atom is -0.480 e. The molecule has 0 atom stereocenters. The second-order valence-electron chi connectivity index (χ2n) is 3.01. The molecule has 0 aliphatic carbocycles. The van der Waals surface area contributed by atoms with Crippen LogP contribution in [0.15, 0.2) is 4.99 Å². The molecule has 0 aromatic carbocycles. The number of aliphatic carboxylic acids is 1. The van der Waals surface area contributed by atoms with E-state index in [1.807, 2.05) is 0 Å². The number of aliphatic hydroxyl groups excluding tert-OH is 1. The molecule has 106 valence electrons. The Morgan fingerprint density at radius 3 is 2.17 bits per heavy atom. The fourth-order valence-electron chi connectivity index (χ4n) is 0.968. The van der Waals surface area contributed by atoms with Gasteiger partial charge < -0.3 is 31.3 Å². The number of nitrogens with zero attached hydrogens (tertiary/aromatic N) is 2. The molecule has 0 bridgehead atoms. The van der Waals surface area contributed by atoms with E-state index in [2.05, 4.69) is 4.99 Å². The number of rotatable bonds is 1. The van der Waals surface area contributed by atoms with Gasteiger partial charge in [0.1, 0.15) is 6.61 Å². The lowest BCUT2D eigenvalue weighted by Crippen LogP contribution is -2.41.